The molecule has 2 amide bonds. The third kappa shape index (κ3) is 4.59. The Morgan fingerprint density at radius 2 is 1.81 bits per heavy atom. The zero-order valence-corrected chi connectivity index (χ0v) is 16.6. The van der Waals surface area contributed by atoms with Gasteiger partial charge in [0.25, 0.3) is 0 Å². The third-order valence-corrected chi connectivity index (χ3v) is 4.52. The molecule has 0 saturated carbocycles. The van der Waals surface area contributed by atoms with Crippen LogP contribution in [0.3, 0.4) is 0 Å². The summed E-state index contributed by atoms with van der Waals surface area (Å²) >= 11 is 0. The Labute approximate surface area is 159 Å². The second-order valence-corrected chi connectivity index (χ2v) is 8.16. The molecule has 0 aliphatic carbocycles. The molecule has 1 atom stereocenters. The van der Waals surface area contributed by atoms with Crippen molar-refractivity contribution in [3.63, 3.8) is 0 Å². The molecular formula is C20H27N3O4. The minimum absolute atomic E-state index is 0.0296. The van der Waals surface area contributed by atoms with Gasteiger partial charge in [0.1, 0.15) is 17.5 Å². The molecule has 1 fully saturated rings. The summed E-state index contributed by atoms with van der Waals surface area (Å²) in [5, 5.41) is 5.79. The van der Waals surface area contributed by atoms with Crippen molar-refractivity contribution in [3.8, 4) is 5.75 Å². The van der Waals surface area contributed by atoms with Gasteiger partial charge < -0.3 is 14.4 Å². The smallest absolute Gasteiger partial charge is 0.410 e. The summed E-state index contributed by atoms with van der Waals surface area (Å²) in [4.78, 5) is 25.3. The summed E-state index contributed by atoms with van der Waals surface area (Å²) in [6, 6.07) is 7.71. The molecule has 7 nitrogen and oxygen atoms in total. The van der Waals surface area contributed by atoms with Crippen LogP contribution in [0.4, 0.5) is 4.79 Å². The second-order valence-electron chi connectivity index (χ2n) is 8.16. The predicted molar refractivity (Wildman–Crippen MR) is 102 cm³/mol. The van der Waals surface area contributed by atoms with E-state index in [0.29, 0.717) is 19.5 Å². The average molecular weight is 373 g/mol. The van der Waals surface area contributed by atoms with E-state index in [1.807, 2.05) is 52.0 Å². The molecule has 1 aromatic carbocycles. The maximum absolute atomic E-state index is 11.9. The van der Waals surface area contributed by atoms with Crippen molar-refractivity contribution in [2.45, 2.75) is 45.8 Å². The normalized spacial score (nSPS) is 20.9. The van der Waals surface area contributed by atoms with Gasteiger partial charge in [-0.05, 0) is 50.6 Å². The molecule has 7 heteroatoms. The molecule has 2 aliphatic rings. The van der Waals surface area contributed by atoms with Crippen LogP contribution in [0.5, 0.6) is 5.75 Å². The molecule has 0 aromatic heterocycles. The minimum Gasteiger partial charge on any atom is -0.487 e. The minimum atomic E-state index is -0.490. The lowest BCUT2D eigenvalue weighted by Gasteiger charge is -2.39. The molecule has 1 unspecified atom stereocenters. The summed E-state index contributed by atoms with van der Waals surface area (Å²) < 4.78 is 11.3. The average Bonchev–Trinajstić information content (AvgIpc) is 2.53. The zero-order chi connectivity index (χ0) is 19.8. The second kappa shape index (κ2) is 7.21. The van der Waals surface area contributed by atoms with Crippen molar-refractivity contribution >= 4 is 17.7 Å². The van der Waals surface area contributed by atoms with Crippen LogP contribution in [0.25, 0.3) is 0 Å². The van der Waals surface area contributed by atoms with Gasteiger partial charge in [0, 0.05) is 19.4 Å². The summed E-state index contributed by atoms with van der Waals surface area (Å²) in [6.07, 6.45) is 0.134. The molecule has 0 spiro atoms. The van der Waals surface area contributed by atoms with Gasteiger partial charge >= 0.3 is 6.09 Å². The maximum Gasteiger partial charge on any atom is 0.410 e. The fourth-order valence-electron chi connectivity index (χ4n) is 3.03. The predicted octanol–water partition coefficient (Wildman–Crippen LogP) is 2.89. The lowest BCUT2D eigenvalue weighted by molar-refractivity contribution is -0.131. The molecule has 1 saturated heterocycles. The summed E-state index contributed by atoms with van der Waals surface area (Å²) in [7, 11) is 1.68. The molecule has 0 radical (unpaired) electrons. The van der Waals surface area contributed by atoms with Gasteiger partial charge in [0.2, 0.25) is 5.91 Å². The Kier molecular flexibility index (Phi) is 5.13. The van der Waals surface area contributed by atoms with E-state index in [-0.39, 0.29) is 24.0 Å². The zero-order valence-electron chi connectivity index (χ0n) is 16.6. The number of carbonyl (C=O) groups is 2. The molecule has 3 rings (SSSR count). The van der Waals surface area contributed by atoms with Crippen molar-refractivity contribution in [3.05, 3.63) is 29.8 Å². The highest BCUT2D eigenvalue weighted by atomic mass is 16.6. The molecule has 2 aliphatic heterocycles. The van der Waals surface area contributed by atoms with E-state index in [1.165, 1.54) is 5.01 Å². The Hall–Kier alpha value is -2.57. The lowest BCUT2D eigenvalue weighted by atomic mass is 9.94. The fraction of sp³-hybridized carbons (Fsp3) is 0.550. The number of hydrogen-bond acceptors (Lipinski definition) is 5. The van der Waals surface area contributed by atoms with E-state index < -0.39 is 5.60 Å². The Morgan fingerprint density at radius 1 is 1.19 bits per heavy atom. The standard InChI is InChI=1S/C20H27N3O4/c1-13-10-17(24)22(5)21-18(13)14-6-8-15(9-7-14)26-16-11-23(12-16)19(25)27-20(2,3)4/h6-9,13,16H,10-12H2,1-5H3. The number of rotatable bonds is 3. The molecule has 146 valence electrons. The summed E-state index contributed by atoms with van der Waals surface area (Å²) in [6.45, 7) is 8.61. The van der Waals surface area contributed by atoms with Gasteiger partial charge in [-0.25, -0.2) is 9.80 Å². The van der Waals surface area contributed by atoms with Crippen LogP contribution in [0, 0.1) is 5.92 Å². The van der Waals surface area contributed by atoms with E-state index >= 15 is 0 Å². The van der Waals surface area contributed by atoms with Gasteiger partial charge in [-0.1, -0.05) is 6.92 Å². The van der Waals surface area contributed by atoms with Crippen molar-refractivity contribution in [1.82, 2.24) is 9.91 Å². The number of amides is 2. The number of hydrogen-bond donors (Lipinski definition) is 0. The van der Waals surface area contributed by atoms with Crippen LogP contribution >= 0.6 is 0 Å². The van der Waals surface area contributed by atoms with Crippen LogP contribution in [0.1, 0.15) is 39.7 Å². The first kappa shape index (κ1) is 19.2. The van der Waals surface area contributed by atoms with Crippen LogP contribution in [-0.2, 0) is 9.53 Å². The van der Waals surface area contributed by atoms with Crippen LogP contribution < -0.4 is 4.74 Å². The molecule has 0 bridgehead atoms. The molecule has 27 heavy (non-hydrogen) atoms. The number of likely N-dealkylation sites (tertiary alicyclic amines) is 1. The van der Waals surface area contributed by atoms with Gasteiger partial charge in [-0.2, -0.15) is 5.10 Å². The molecule has 2 heterocycles. The summed E-state index contributed by atoms with van der Waals surface area (Å²) in [5.41, 5.74) is 1.40. The first-order valence-corrected chi connectivity index (χ1v) is 9.22. The van der Waals surface area contributed by atoms with Crippen molar-refractivity contribution < 1.29 is 19.1 Å². The van der Waals surface area contributed by atoms with Gasteiger partial charge in [-0.15, -0.1) is 0 Å². The maximum atomic E-state index is 11.9. The van der Waals surface area contributed by atoms with Crippen molar-refractivity contribution in [2.75, 3.05) is 20.1 Å². The van der Waals surface area contributed by atoms with E-state index in [0.717, 1.165) is 17.0 Å². The van der Waals surface area contributed by atoms with E-state index in [2.05, 4.69) is 5.10 Å². The SMILES string of the molecule is CC1CC(=O)N(C)N=C1c1ccc(OC2CN(C(=O)OC(C)(C)C)C2)cc1. The Morgan fingerprint density at radius 3 is 2.41 bits per heavy atom. The molecule has 0 N–H and O–H groups in total. The summed E-state index contributed by atoms with van der Waals surface area (Å²) in [5.74, 6) is 0.876. The highest BCUT2D eigenvalue weighted by molar-refractivity contribution is 6.05. The lowest BCUT2D eigenvalue weighted by Crippen LogP contribution is -2.57. The highest BCUT2D eigenvalue weighted by Crippen LogP contribution is 2.24. The molecule has 1 aromatic rings. The molecular weight excluding hydrogens is 346 g/mol. The highest BCUT2D eigenvalue weighted by Gasteiger charge is 2.35. The largest absolute Gasteiger partial charge is 0.487 e. The van der Waals surface area contributed by atoms with E-state index in [1.54, 1.807) is 11.9 Å². The van der Waals surface area contributed by atoms with Crippen molar-refractivity contribution in [2.24, 2.45) is 11.0 Å². The number of benzene rings is 1. The topological polar surface area (TPSA) is 71.4 Å². The quantitative estimate of drug-likeness (QED) is 0.817. The Balaban J connectivity index is 1.55. The van der Waals surface area contributed by atoms with Crippen molar-refractivity contribution in [1.29, 1.82) is 0 Å². The first-order valence-electron chi connectivity index (χ1n) is 9.22. The van der Waals surface area contributed by atoms with Crippen LogP contribution in [-0.4, -0.2) is 59.5 Å². The van der Waals surface area contributed by atoms with E-state index in [9.17, 15) is 9.59 Å². The third-order valence-electron chi connectivity index (χ3n) is 4.52. The van der Waals surface area contributed by atoms with Gasteiger partial charge in [0.05, 0.1) is 18.8 Å². The van der Waals surface area contributed by atoms with Crippen LogP contribution in [0.15, 0.2) is 29.4 Å². The first-order chi connectivity index (χ1) is 12.6. The number of carbonyl (C=O) groups excluding carboxylic acids is 2. The van der Waals surface area contributed by atoms with Crippen LogP contribution in [0.2, 0.25) is 0 Å². The fourth-order valence-corrected chi connectivity index (χ4v) is 3.03. The number of hydrazone groups is 1. The monoisotopic (exact) mass is 373 g/mol. The van der Waals surface area contributed by atoms with E-state index in [4.69, 9.17) is 9.47 Å². The Bertz CT molecular complexity index is 745. The number of nitrogens with zero attached hydrogens (tertiary/aromatic N) is 3. The van der Waals surface area contributed by atoms with Gasteiger partial charge in [-0.3, -0.25) is 4.79 Å². The number of ether oxygens (including phenoxy) is 2. The van der Waals surface area contributed by atoms with Gasteiger partial charge in [0.15, 0.2) is 0 Å².